The number of aromatic nitrogens is 4. The molecule has 0 saturated carbocycles. The third kappa shape index (κ3) is 9.53. The highest BCUT2D eigenvalue weighted by molar-refractivity contribution is 6.07. The van der Waals surface area contributed by atoms with Crippen LogP contribution in [0.25, 0.3) is 44.2 Å². The zero-order valence-electron chi connectivity index (χ0n) is 41.5. The van der Waals surface area contributed by atoms with Crippen LogP contribution in [-0.4, -0.2) is 129 Å². The summed E-state index contributed by atoms with van der Waals surface area (Å²) >= 11 is 0. The second-order valence-electron chi connectivity index (χ2n) is 20.8. The van der Waals surface area contributed by atoms with Crippen molar-refractivity contribution >= 4 is 45.8 Å². The van der Waals surface area contributed by atoms with Gasteiger partial charge in [0.1, 0.15) is 36.1 Å². The minimum absolute atomic E-state index is 0.0554. The highest BCUT2D eigenvalue weighted by Gasteiger charge is 2.46. The van der Waals surface area contributed by atoms with Gasteiger partial charge in [0.05, 0.1) is 73.1 Å². The Labute approximate surface area is 412 Å². The number of alkyl carbamates (subject to hydrolysis) is 1. The Morgan fingerprint density at radius 2 is 1.51 bits per heavy atom. The molecule has 5 aliphatic heterocycles. The predicted octanol–water partition coefficient (Wildman–Crippen LogP) is 8.02. The number of aromatic amines is 2. The maximum absolute atomic E-state index is 14.6. The van der Waals surface area contributed by atoms with Crippen LogP contribution in [0.15, 0.2) is 48.7 Å². The first-order chi connectivity index (χ1) is 34.2. The first-order valence-electron chi connectivity index (χ1n) is 25.2. The summed E-state index contributed by atoms with van der Waals surface area (Å²) in [5.74, 6) is 1.43. The van der Waals surface area contributed by atoms with Gasteiger partial charge in [0.15, 0.2) is 0 Å². The van der Waals surface area contributed by atoms with Gasteiger partial charge in [-0.3, -0.25) is 9.59 Å². The number of nitrogens with one attached hydrogen (secondary N) is 4. The van der Waals surface area contributed by atoms with Gasteiger partial charge in [0.25, 0.3) is 0 Å². The number of H-pyrrole nitrogens is 2. The Bertz CT molecular complexity index is 2810. The Morgan fingerprint density at radius 3 is 2.18 bits per heavy atom. The average Bonchev–Trinajstić information content (AvgIpc) is 4.17. The Hall–Kier alpha value is -6.24. The van der Waals surface area contributed by atoms with Crippen molar-refractivity contribution in [2.75, 3.05) is 27.4 Å². The third-order valence-electron chi connectivity index (χ3n) is 15.6. The maximum Gasteiger partial charge on any atom is 0.407 e. The van der Waals surface area contributed by atoms with Gasteiger partial charge in [0, 0.05) is 36.6 Å². The van der Waals surface area contributed by atoms with Crippen molar-refractivity contribution < 1.29 is 48.0 Å². The summed E-state index contributed by atoms with van der Waals surface area (Å²) in [4.78, 5) is 74.6. The van der Waals surface area contributed by atoms with Gasteiger partial charge in [0.2, 0.25) is 11.8 Å². The fraction of sp³-hybridized carbons (Fsp3) is 0.547. The zero-order chi connectivity index (χ0) is 49.8. The lowest BCUT2D eigenvalue weighted by Crippen LogP contribution is -2.55. The molecule has 378 valence electrons. The van der Waals surface area contributed by atoms with Crippen LogP contribution in [0.1, 0.15) is 109 Å². The van der Waals surface area contributed by atoms with E-state index in [0.717, 1.165) is 61.9 Å². The number of methoxy groups -OCH3 is 2. The van der Waals surface area contributed by atoms with Crippen LogP contribution in [0.3, 0.4) is 0 Å². The number of carbonyl (C=O) groups excluding carboxylic acids is 3. The van der Waals surface area contributed by atoms with E-state index in [1.165, 1.54) is 7.11 Å². The Morgan fingerprint density at radius 1 is 0.803 bits per heavy atom. The van der Waals surface area contributed by atoms with Crippen LogP contribution in [0.2, 0.25) is 0 Å². The van der Waals surface area contributed by atoms with Gasteiger partial charge in [-0.2, -0.15) is 0 Å². The molecule has 0 bridgehead atoms. The van der Waals surface area contributed by atoms with Gasteiger partial charge < -0.3 is 59.2 Å². The summed E-state index contributed by atoms with van der Waals surface area (Å²) < 4.78 is 29.0. The molecule has 0 spiro atoms. The number of carbonyl (C=O) groups is 4. The second-order valence-corrected chi connectivity index (χ2v) is 20.8. The van der Waals surface area contributed by atoms with E-state index in [1.54, 1.807) is 7.11 Å². The lowest BCUT2D eigenvalue weighted by molar-refractivity contribution is -0.140. The molecule has 2 aromatic heterocycles. The maximum atomic E-state index is 14.6. The molecule has 5 N–H and O–H groups in total. The highest BCUT2D eigenvalue weighted by atomic mass is 16.5. The summed E-state index contributed by atoms with van der Waals surface area (Å²) in [6.45, 7) is 11.2. The van der Waals surface area contributed by atoms with Crippen LogP contribution < -0.4 is 15.4 Å². The summed E-state index contributed by atoms with van der Waals surface area (Å²) in [6, 6.07) is 12.1. The quantitative estimate of drug-likeness (QED) is 0.0849. The highest BCUT2D eigenvalue weighted by Crippen LogP contribution is 2.45. The van der Waals surface area contributed by atoms with Crippen LogP contribution in [0.5, 0.6) is 5.75 Å². The number of likely N-dealkylation sites (tertiary alicyclic amines) is 2. The number of rotatable bonds is 11. The zero-order valence-corrected chi connectivity index (χ0v) is 41.5. The van der Waals surface area contributed by atoms with Crippen LogP contribution in [0, 0.1) is 17.8 Å². The van der Waals surface area contributed by atoms with E-state index in [1.807, 2.05) is 56.7 Å². The number of fused-ring (bicyclic) bond motifs is 6. The topological polar surface area (TPSA) is 223 Å². The van der Waals surface area contributed by atoms with Crippen LogP contribution in [-0.2, 0) is 35.1 Å². The summed E-state index contributed by atoms with van der Waals surface area (Å²) in [7, 11) is 2.97. The van der Waals surface area contributed by atoms with E-state index >= 15 is 0 Å². The third-order valence-corrected chi connectivity index (χ3v) is 15.6. The molecule has 0 radical (unpaired) electrons. The molecule has 5 aliphatic rings. The SMILES string of the molecule is COC[C@H]1C[C@@H](c2ncc(-c3ccc4c(c3)COc3cc5c(ccc6[nH]c([C@@H]7CC[C@H](C)N7C(=O)C(NC(=O)O)C7C[C@@H](C)O[C@H](C)C7)nc65)cc3-4)[nH]2)N(C(=O)C(NC(=O)OC)C2C[C@@H](C)O[C@H](C)C2)C1. The van der Waals surface area contributed by atoms with Crippen molar-refractivity contribution in [1.29, 1.82) is 0 Å². The number of hydrogen-bond acceptors (Lipinski definition) is 11. The minimum Gasteiger partial charge on any atom is -0.488 e. The number of nitrogens with zero attached hydrogens (tertiary/aromatic N) is 4. The molecule has 4 fully saturated rings. The number of imidazole rings is 2. The van der Waals surface area contributed by atoms with Crippen molar-refractivity contribution in [2.45, 2.75) is 141 Å². The molecule has 7 heterocycles. The number of amides is 4. The van der Waals surface area contributed by atoms with Crippen molar-refractivity contribution in [3.8, 4) is 28.1 Å². The molecule has 71 heavy (non-hydrogen) atoms. The van der Waals surface area contributed by atoms with E-state index in [4.69, 9.17) is 33.7 Å². The summed E-state index contributed by atoms with van der Waals surface area (Å²) in [6.07, 6.45) is 4.22. The van der Waals surface area contributed by atoms with E-state index in [9.17, 15) is 24.3 Å². The van der Waals surface area contributed by atoms with Crippen LogP contribution in [0.4, 0.5) is 9.59 Å². The standard InChI is InChI=1S/C53H66N8O10/c1-26-8-13-42(61(26)51(63)46(58-52(64)65)35-16-29(4)71-30(5)17-35)49-55-40-12-10-32-20-39-37-11-9-33(19-36(37)25-69-44(39)21-38(32)47(40)57-49)41-22-54-48(56-41)43-18-31(24-67-6)23-60(43)50(62)45(59-53(66)68-7)34-14-27(2)70-28(3)15-34/h9-12,19-22,26-31,34-35,42-43,45-46,58H,8,13-18,23-25H2,1-7H3,(H,54,56)(H,55,57)(H,59,66)(H,64,65)/t26-,27+,28+,29+,30+,31-,42-,43-,45?,46?/m0/s1. The number of ether oxygens (including phenoxy) is 5. The average molecular weight is 975 g/mol. The molecule has 18 nitrogen and oxygen atoms in total. The molecule has 0 aliphatic carbocycles. The molecular formula is C53H66N8O10. The molecular weight excluding hydrogens is 909 g/mol. The van der Waals surface area contributed by atoms with Gasteiger partial charge >= 0.3 is 12.2 Å². The van der Waals surface area contributed by atoms with E-state index in [2.05, 4.69) is 57.0 Å². The lowest BCUT2D eigenvalue weighted by Gasteiger charge is -2.39. The number of hydrogen-bond donors (Lipinski definition) is 5. The van der Waals surface area contributed by atoms with Crippen molar-refractivity contribution in [3.05, 3.63) is 65.9 Å². The molecule has 10 atom stereocenters. The molecule has 2 unspecified atom stereocenters. The number of benzene rings is 3. The summed E-state index contributed by atoms with van der Waals surface area (Å²) in [5, 5.41) is 17.2. The van der Waals surface area contributed by atoms with E-state index < -0.39 is 24.3 Å². The monoisotopic (exact) mass is 974 g/mol. The Kier molecular flexibility index (Phi) is 13.5. The normalized spacial score (nSPS) is 28.2. The summed E-state index contributed by atoms with van der Waals surface area (Å²) in [5.41, 5.74) is 6.39. The van der Waals surface area contributed by atoms with Crippen LogP contribution >= 0.6 is 0 Å². The van der Waals surface area contributed by atoms with Gasteiger partial charge in [-0.05, 0) is 138 Å². The smallest absolute Gasteiger partial charge is 0.407 e. The fourth-order valence-corrected chi connectivity index (χ4v) is 12.6. The van der Waals surface area contributed by atoms with Crippen molar-refractivity contribution in [3.63, 3.8) is 0 Å². The molecule has 4 amide bonds. The van der Waals surface area contributed by atoms with E-state index in [0.29, 0.717) is 69.9 Å². The van der Waals surface area contributed by atoms with Gasteiger partial charge in [-0.15, -0.1) is 0 Å². The Balaban J connectivity index is 0.897. The first kappa shape index (κ1) is 48.4. The molecule has 18 heteroatoms. The first-order valence-corrected chi connectivity index (χ1v) is 25.2. The minimum atomic E-state index is -1.22. The van der Waals surface area contributed by atoms with Crippen molar-refractivity contribution in [2.24, 2.45) is 17.8 Å². The fourth-order valence-electron chi connectivity index (χ4n) is 12.6. The van der Waals surface area contributed by atoms with Gasteiger partial charge in [-0.1, -0.05) is 18.2 Å². The predicted molar refractivity (Wildman–Crippen MR) is 263 cm³/mol. The lowest BCUT2D eigenvalue weighted by atomic mass is 9.85. The molecule has 4 saturated heterocycles. The van der Waals surface area contributed by atoms with E-state index in [-0.39, 0.29) is 72.1 Å². The number of carboxylic acid groups (broad SMARTS) is 1. The molecule has 10 rings (SSSR count). The van der Waals surface area contributed by atoms with Crippen molar-refractivity contribution in [1.82, 2.24) is 40.4 Å². The van der Waals surface area contributed by atoms with Gasteiger partial charge in [-0.25, -0.2) is 19.6 Å². The second kappa shape index (κ2) is 19.8. The molecule has 3 aromatic carbocycles. The molecule has 5 aromatic rings. The largest absolute Gasteiger partial charge is 0.488 e.